The molecule has 2 nitrogen and oxygen atoms in total. The summed E-state index contributed by atoms with van der Waals surface area (Å²) in [6, 6.07) is 13.9. The second kappa shape index (κ2) is 4.78. The third kappa shape index (κ3) is 2.09. The number of nitrogens with two attached hydrogens (primary N) is 1. The van der Waals surface area contributed by atoms with Gasteiger partial charge in [0, 0.05) is 23.3 Å². The molecule has 0 aliphatic carbocycles. The molecule has 1 aromatic heterocycles. The van der Waals surface area contributed by atoms with Crippen molar-refractivity contribution < 1.29 is 4.39 Å². The Labute approximate surface area is 110 Å². The number of nitrogens with zero attached hydrogens (tertiary/aromatic N) is 1. The van der Waals surface area contributed by atoms with E-state index in [4.69, 9.17) is 5.73 Å². The molecule has 2 N–H and O–H groups in total. The fourth-order valence-corrected chi connectivity index (χ4v) is 2.28. The van der Waals surface area contributed by atoms with E-state index < -0.39 is 6.04 Å². The van der Waals surface area contributed by atoms with Crippen molar-refractivity contribution >= 4 is 10.8 Å². The highest BCUT2D eigenvalue weighted by Crippen LogP contribution is 2.27. The Morgan fingerprint density at radius 1 is 0.895 bits per heavy atom. The molecule has 1 unspecified atom stereocenters. The van der Waals surface area contributed by atoms with Gasteiger partial charge >= 0.3 is 0 Å². The first kappa shape index (κ1) is 11.8. The predicted molar refractivity (Wildman–Crippen MR) is 74.2 cm³/mol. The van der Waals surface area contributed by atoms with Gasteiger partial charge in [-0.25, -0.2) is 4.39 Å². The number of hydrogen-bond donors (Lipinski definition) is 1. The minimum absolute atomic E-state index is 0.289. The van der Waals surface area contributed by atoms with Crippen LogP contribution >= 0.6 is 0 Å². The van der Waals surface area contributed by atoms with E-state index >= 15 is 0 Å². The monoisotopic (exact) mass is 252 g/mol. The molecular formula is C16H13FN2. The molecule has 1 atom stereocenters. The normalized spacial score (nSPS) is 12.5. The van der Waals surface area contributed by atoms with Gasteiger partial charge in [-0.3, -0.25) is 4.98 Å². The maximum Gasteiger partial charge on any atom is 0.128 e. The Bertz CT molecular complexity index is 719. The van der Waals surface area contributed by atoms with Crippen molar-refractivity contribution in [3.8, 4) is 0 Å². The van der Waals surface area contributed by atoms with E-state index in [-0.39, 0.29) is 5.82 Å². The highest BCUT2D eigenvalue weighted by molar-refractivity contribution is 5.85. The van der Waals surface area contributed by atoms with Gasteiger partial charge in [-0.05, 0) is 17.0 Å². The van der Waals surface area contributed by atoms with E-state index in [0.29, 0.717) is 5.56 Å². The van der Waals surface area contributed by atoms with Gasteiger partial charge < -0.3 is 5.73 Å². The van der Waals surface area contributed by atoms with Crippen molar-refractivity contribution in [3.05, 3.63) is 77.9 Å². The summed E-state index contributed by atoms with van der Waals surface area (Å²) in [6.45, 7) is 0. The molecule has 0 radical (unpaired) electrons. The van der Waals surface area contributed by atoms with E-state index in [2.05, 4.69) is 4.98 Å². The highest BCUT2D eigenvalue weighted by atomic mass is 19.1. The van der Waals surface area contributed by atoms with E-state index in [1.807, 2.05) is 24.3 Å². The number of halogens is 1. The molecule has 3 rings (SSSR count). The first-order valence-corrected chi connectivity index (χ1v) is 6.10. The molecule has 0 fully saturated rings. The summed E-state index contributed by atoms with van der Waals surface area (Å²) >= 11 is 0. The number of pyridine rings is 1. The minimum Gasteiger partial charge on any atom is -0.320 e. The predicted octanol–water partition coefficient (Wildman–Crippen LogP) is 3.42. The second-order valence-corrected chi connectivity index (χ2v) is 4.45. The van der Waals surface area contributed by atoms with Crippen LogP contribution in [0.25, 0.3) is 10.8 Å². The summed E-state index contributed by atoms with van der Waals surface area (Å²) in [5, 5.41) is 2.01. The first-order valence-electron chi connectivity index (χ1n) is 6.10. The Balaban J connectivity index is 2.17. The van der Waals surface area contributed by atoms with Crippen molar-refractivity contribution in [1.29, 1.82) is 0 Å². The van der Waals surface area contributed by atoms with Gasteiger partial charge in [0.15, 0.2) is 0 Å². The molecule has 0 aliphatic heterocycles. The van der Waals surface area contributed by atoms with Gasteiger partial charge in [0.25, 0.3) is 0 Å². The molecule has 0 amide bonds. The lowest BCUT2D eigenvalue weighted by Crippen LogP contribution is -2.14. The molecule has 2 aromatic carbocycles. The fourth-order valence-electron chi connectivity index (χ4n) is 2.28. The first-order chi connectivity index (χ1) is 9.27. The molecular weight excluding hydrogens is 239 g/mol. The Morgan fingerprint density at radius 3 is 2.47 bits per heavy atom. The van der Waals surface area contributed by atoms with Crippen LogP contribution in [0.15, 0.2) is 60.9 Å². The van der Waals surface area contributed by atoms with Gasteiger partial charge in [0.2, 0.25) is 0 Å². The van der Waals surface area contributed by atoms with Crippen LogP contribution in [0, 0.1) is 5.82 Å². The highest BCUT2D eigenvalue weighted by Gasteiger charge is 2.15. The van der Waals surface area contributed by atoms with E-state index in [1.54, 1.807) is 30.6 Å². The molecule has 1 heterocycles. The quantitative estimate of drug-likeness (QED) is 0.759. The number of fused-ring (bicyclic) bond motifs is 1. The molecule has 0 aliphatic rings. The number of aromatic nitrogens is 1. The van der Waals surface area contributed by atoms with Gasteiger partial charge in [-0.2, -0.15) is 0 Å². The smallest absolute Gasteiger partial charge is 0.128 e. The topological polar surface area (TPSA) is 38.9 Å². The SMILES string of the molecule is NC(c1ccccc1F)c1cncc2ccccc12. The van der Waals surface area contributed by atoms with Crippen molar-refractivity contribution in [2.45, 2.75) is 6.04 Å². The molecule has 0 bridgehead atoms. The summed E-state index contributed by atoms with van der Waals surface area (Å²) in [6.07, 6.45) is 3.49. The van der Waals surface area contributed by atoms with Gasteiger partial charge in [0.05, 0.1) is 6.04 Å². The fraction of sp³-hybridized carbons (Fsp3) is 0.0625. The lowest BCUT2D eigenvalue weighted by atomic mass is 9.96. The zero-order valence-corrected chi connectivity index (χ0v) is 10.3. The van der Waals surface area contributed by atoms with Crippen molar-refractivity contribution in [2.24, 2.45) is 5.73 Å². The Kier molecular flexibility index (Phi) is 2.97. The van der Waals surface area contributed by atoms with Crippen LogP contribution in [-0.4, -0.2) is 4.98 Å². The summed E-state index contributed by atoms with van der Waals surface area (Å²) in [4.78, 5) is 4.19. The number of hydrogen-bond acceptors (Lipinski definition) is 2. The Morgan fingerprint density at radius 2 is 1.63 bits per heavy atom. The molecule has 3 heteroatoms. The molecule has 19 heavy (non-hydrogen) atoms. The van der Waals surface area contributed by atoms with E-state index in [1.165, 1.54) is 6.07 Å². The maximum absolute atomic E-state index is 13.8. The molecule has 94 valence electrons. The molecule has 0 saturated carbocycles. The molecule has 0 saturated heterocycles. The van der Waals surface area contributed by atoms with Crippen LogP contribution in [0.1, 0.15) is 17.2 Å². The standard InChI is InChI=1S/C16H13FN2/c17-15-8-4-3-7-13(15)16(18)14-10-19-9-11-5-1-2-6-12(11)14/h1-10,16H,18H2. The van der Waals surface area contributed by atoms with Crippen molar-refractivity contribution in [2.75, 3.05) is 0 Å². The molecule has 3 aromatic rings. The van der Waals surface area contributed by atoms with Crippen LogP contribution in [0.2, 0.25) is 0 Å². The van der Waals surface area contributed by atoms with Crippen LogP contribution < -0.4 is 5.73 Å². The maximum atomic E-state index is 13.8. The van der Waals surface area contributed by atoms with Crippen LogP contribution in [0.5, 0.6) is 0 Å². The summed E-state index contributed by atoms with van der Waals surface area (Å²) in [7, 11) is 0. The largest absolute Gasteiger partial charge is 0.320 e. The number of benzene rings is 2. The molecule has 0 spiro atoms. The lowest BCUT2D eigenvalue weighted by molar-refractivity contribution is 0.600. The van der Waals surface area contributed by atoms with Gasteiger partial charge in [-0.1, -0.05) is 42.5 Å². The van der Waals surface area contributed by atoms with Crippen molar-refractivity contribution in [1.82, 2.24) is 4.98 Å². The summed E-state index contributed by atoms with van der Waals surface area (Å²) in [5.41, 5.74) is 7.53. The summed E-state index contributed by atoms with van der Waals surface area (Å²) in [5.74, 6) is -0.289. The van der Waals surface area contributed by atoms with Crippen LogP contribution in [0.3, 0.4) is 0 Å². The average molecular weight is 252 g/mol. The zero-order chi connectivity index (χ0) is 13.2. The van der Waals surface area contributed by atoms with Crippen LogP contribution in [-0.2, 0) is 0 Å². The van der Waals surface area contributed by atoms with E-state index in [0.717, 1.165) is 16.3 Å². The summed E-state index contributed by atoms with van der Waals surface area (Å²) < 4.78 is 13.8. The second-order valence-electron chi connectivity index (χ2n) is 4.45. The van der Waals surface area contributed by atoms with Gasteiger partial charge in [0.1, 0.15) is 5.82 Å². The van der Waals surface area contributed by atoms with Crippen LogP contribution in [0.4, 0.5) is 4.39 Å². The third-order valence-corrected chi connectivity index (χ3v) is 3.27. The lowest BCUT2D eigenvalue weighted by Gasteiger charge is -2.15. The average Bonchev–Trinajstić information content (AvgIpc) is 2.46. The van der Waals surface area contributed by atoms with E-state index in [9.17, 15) is 4.39 Å². The third-order valence-electron chi connectivity index (χ3n) is 3.27. The number of rotatable bonds is 2. The van der Waals surface area contributed by atoms with Gasteiger partial charge in [-0.15, -0.1) is 0 Å². The Hall–Kier alpha value is -2.26. The van der Waals surface area contributed by atoms with Crippen molar-refractivity contribution in [3.63, 3.8) is 0 Å². The zero-order valence-electron chi connectivity index (χ0n) is 10.3. The minimum atomic E-state index is -0.514.